The molecule has 1 saturated heterocycles. The number of carbonyl (C=O) groups excluding carboxylic acids is 2. The molecule has 1 saturated carbocycles. The summed E-state index contributed by atoms with van der Waals surface area (Å²) in [6.45, 7) is 2.38. The molecule has 2 aromatic carbocycles. The predicted molar refractivity (Wildman–Crippen MR) is 141 cm³/mol. The number of methoxy groups -OCH3 is 1. The normalized spacial score (nSPS) is 23.5. The number of nitrogens with one attached hydrogen (secondary N) is 1. The zero-order valence-corrected chi connectivity index (χ0v) is 21.8. The maximum Gasteiger partial charge on any atom is 0.308 e. The molecule has 0 spiro atoms. The van der Waals surface area contributed by atoms with E-state index in [9.17, 15) is 14.0 Å². The Balaban J connectivity index is 1.18. The van der Waals surface area contributed by atoms with Gasteiger partial charge < -0.3 is 24.1 Å². The standard InChI is InChI=1S/C29H34FN3O5/c1-18-5-3-4-6-24(18)31-29-32-25-12-7-19(13-26(25)38-29)14-27(34)33-16-21(30)15-22(33)17-37-23-10-8-20(9-11-23)28(35)36-2/h3-7,12-13,20-23H,8-11,14-17H2,1-2H3,(H,31,32)/t20?,21-,22-,23?/m0/s1. The fourth-order valence-electron chi connectivity index (χ4n) is 5.44. The summed E-state index contributed by atoms with van der Waals surface area (Å²) in [6.07, 6.45) is 2.35. The summed E-state index contributed by atoms with van der Waals surface area (Å²) in [7, 11) is 1.41. The number of ether oxygens (including phenoxy) is 2. The van der Waals surface area contributed by atoms with Gasteiger partial charge in [-0.05, 0) is 61.9 Å². The Morgan fingerprint density at radius 3 is 2.71 bits per heavy atom. The van der Waals surface area contributed by atoms with Gasteiger partial charge in [-0.1, -0.05) is 24.3 Å². The van der Waals surface area contributed by atoms with Crippen LogP contribution in [0.1, 0.15) is 43.2 Å². The minimum absolute atomic E-state index is 0.0165. The Morgan fingerprint density at radius 1 is 1.16 bits per heavy atom. The van der Waals surface area contributed by atoms with Gasteiger partial charge in [0.2, 0.25) is 5.91 Å². The molecule has 2 atom stereocenters. The largest absolute Gasteiger partial charge is 0.469 e. The van der Waals surface area contributed by atoms with Crippen LogP contribution < -0.4 is 5.32 Å². The fraction of sp³-hybridized carbons (Fsp3) is 0.483. The molecule has 202 valence electrons. The van der Waals surface area contributed by atoms with Crippen molar-refractivity contribution in [1.29, 1.82) is 0 Å². The summed E-state index contributed by atoms with van der Waals surface area (Å²) in [6, 6.07) is 13.5. The van der Waals surface area contributed by atoms with Gasteiger partial charge in [0.25, 0.3) is 6.01 Å². The number of para-hydroxylation sites is 1. The quantitative estimate of drug-likeness (QED) is 0.410. The molecule has 1 amide bonds. The van der Waals surface area contributed by atoms with Crippen molar-refractivity contribution in [3.8, 4) is 0 Å². The number of alkyl halides is 1. The number of halogens is 1. The van der Waals surface area contributed by atoms with E-state index in [0.717, 1.165) is 42.5 Å². The van der Waals surface area contributed by atoms with Gasteiger partial charge >= 0.3 is 5.97 Å². The summed E-state index contributed by atoms with van der Waals surface area (Å²) in [5.41, 5.74) is 4.04. The highest BCUT2D eigenvalue weighted by Gasteiger charge is 2.36. The van der Waals surface area contributed by atoms with Gasteiger partial charge in [0, 0.05) is 12.1 Å². The number of likely N-dealkylation sites (tertiary alicyclic amines) is 1. The Morgan fingerprint density at radius 2 is 1.95 bits per heavy atom. The summed E-state index contributed by atoms with van der Waals surface area (Å²) >= 11 is 0. The van der Waals surface area contributed by atoms with Crippen molar-refractivity contribution in [3.63, 3.8) is 0 Å². The monoisotopic (exact) mass is 523 g/mol. The zero-order valence-electron chi connectivity index (χ0n) is 21.8. The second-order valence-corrected chi connectivity index (χ2v) is 10.3. The molecule has 3 aromatic rings. The molecule has 1 aliphatic heterocycles. The molecule has 38 heavy (non-hydrogen) atoms. The van der Waals surface area contributed by atoms with E-state index in [1.807, 2.05) is 49.4 Å². The van der Waals surface area contributed by atoms with Crippen LogP contribution >= 0.6 is 0 Å². The molecule has 1 aliphatic carbocycles. The van der Waals surface area contributed by atoms with Crippen LogP contribution in [0.25, 0.3) is 11.1 Å². The van der Waals surface area contributed by atoms with Crippen LogP contribution in [0.15, 0.2) is 46.9 Å². The molecular weight excluding hydrogens is 489 g/mol. The first-order valence-electron chi connectivity index (χ1n) is 13.2. The topological polar surface area (TPSA) is 93.9 Å². The van der Waals surface area contributed by atoms with Crippen LogP contribution in [-0.2, 0) is 25.5 Å². The summed E-state index contributed by atoms with van der Waals surface area (Å²) in [4.78, 5) is 31.0. The number of anilines is 2. The lowest BCUT2D eigenvalue weighted by Crippen LogP contribution is -2.40. The number of hydrogen-bond donors (Lipinski definition) is 1. The van der Waals surface area contributed by atoms with Crippen LogP contribution in [0.3, 0.4) is 0 Å². The molecule has 1 aromatic heterocycles. The van der Waals surface area contributed by atoms with Crippen molar-refractivity contribution in [3.05, 3.63) is 53.6 Å². The molecule has 8 nitrogen and oxygen atoms in total. The van der Waals surface area contributed by atoms with E-state index in [0.29, 0.717) is 23.7 Å². The SMILES string of the molecule is COC(=O)C1CCC(OC[C@@H]2C[C@H](F)CN2C(=O)Cc2ccc3nc(Nc4ccccc4C)oc3c2)CC1. The molecule has 2 aliphatic rings. The van der Waals surface area contributed by atoms with E-state index in [-0.39, 0.29) is 49.3 Å². The Labute approximate surface area is 221 Å². The number of amides is 1. The van der Waals surface area contributed by atoms with E-state index in [1.54, 1.807) is 4.90 Å². The third-order valence-electron chi connectivity index (χ3n) is 7.61. The van der Waals surface area contributed by atoms with Crippen LogP contribution in [0.4, 0.5) is 16.1 Å². The highest BCUT2D eigenvalue weighted by atomic mass is 19.1. The number of carbonyl (C=O) groups is 2. The van der Waals surface area contributed by atoms with Crippen LogP contribution in [0, 0.1) is 12.8 Å². The van der Waals surface area contributed by atoms with Crippen molar-refractivity contribution >= 4 is 34.7 Å². The van der Waals surface area contributed by atoms with E-state index in [4.69, 9.17) is 13.9 Å². The Bertz CT molecular complexity index is 1290. The van der Waals surface area contributed by atoms with E-state index < -0.39 is 6.17 Å². The maximum atomic E-state index is 14.4. The highest BCUT2D eigenvalue weighted by molar-refractivity contribution is 5.82. The lowest BCUT2D eigenvalue weighted by atomic mass is 9.87. The number of oxazole rings is 1. The van der Waals surface area contributed by atoms with Crippen LogP contribution in [0.2, 0.25) is 0 Å². The van der Waals surface area contributed by atoms with Gasteiger partial charge in [-0.15, -0.1) is 0 Å². The smallest absolute Gasteiger partial charge is 0.308 e. The first-order valence-corrected chi connectivity index (χ1v) is 13.2. The van der Waals surface area contributed by atoms with Gasteiger partial charge in [0.1, 0.15) is 11.7 Å². The molecule has 0 unspecified atom stereocenters. The highest BCUT2D eigenvalue weighted by Crippen LogP contribution is 2.29. The van der Waals surface area contributed by atoms with E-state index in [1.165, 1.54) is 7.11 Å². The van der Waals surface area contributed by atoms with Gasteiger partial charge in [-0.3, -0.25) is 9.59 Å². The molecule has 2 fully saturated rings. The van der Waals surface area contributed by atoms with Gasteiger partial charge in [-0.25, -0.2) is 4.39 Å². The van der Waals surface area contributed by atoms with Crippen molar-refractivity contribution in [2.75, 3.05) is 25.6 Å². The lowest BCUT2D eigenvalue weighted by Gasteiger charge is -2.30. The Kier molecular flexibility index (Phi) is 7.93. The third kappa shape index (κ3) is 5.99. The molecule has 0 bridgehead atoms. The first kappa shape index (κ1) is 26.2. The number of aromatic nitrogens is 1. The zero-order chi connectivity index (χ0) is 26.6. The molecule has 0 radical (unpaired) electrons. The number of esters is 1. The van der Waals surface area contributed by atoms with Gasteiger partial charge in [-0.2, -0.15) is 4.98 Å². The van der Waals surface area contributed by atoms with E-state index in [2.05, 4.69) is 10.3 Å². The molecule has 2 heterocycles. The summed E-state index contributed by atoms with van der Waals surface area (Å²) < 4.78 is 31.2. The average Bonchev–Trinajstić information content (AvgIpc) is 3.50. The minimum atomic E-state index is -1.06. The predicted octanol–water partition coefficient (Wildman–Crippen LogP) is 5.11. The number of rotatable bonds is 8. The van der Waals surface area contributed by atoms with Crippen molar-refractivity contribution in [2.24, 2.45) is 5.92 Å². The summed E-state index contributed by atoms with van der Waals surface area (Å²) in [5, 5.41) is 3.20. The molecule has 5 rings (SSSR count). The number of nitrogens with zero attached hydrogens (tertiary/aromatic N) is 2. The van der Waals surface area contributed by atoms with Crippen LogP contribution in [-0.4, -0.2) is 60.3 Å². The number of fused-ring (bicyclic) bond motifs is 1. The Hall–Kier alpha value is -3.46. The van der Waals surface area contributed by atoms with Gasteiger partial charge in [0.15, 0.2) is 5.58 Å². The number of benzene rings is 2. The van der Waals surface area contributed by atoms with E-state index >= 15 is 0 Å². The van der Waals surface area contributed by atoms with Gasteiger partial charge in [0.05, 0.1) is 44.7 Å². The third-order valence-corrected chi connectivity index (χ3v) is 7.61. The fourth-order valence-corrected chi connectivity index (χ4v) is 5.44. The number of aryl methyl sites for hydroxylation is 1. The van der Waals surface area contributed by atoms with Crippen molar-refractivity contribution in [1.82, 2.24) is 9.88 Å². The maximum absolute atomic E-state index is 14.4. The lowest BCUT2D eigenvalue weighted by molar-refractivity contribution is -0.148. The molecule has 1 N–H and O–H groups in total. The first-order chi connectivity index (χ1) is 18.4. The minimum Gasteiger partial charge on any atom is -0.469 e. The molecule has 9 heteroatoms. The second kappa shape index (κ2) is 11.5. The van der Waals surface area contributed by atoms with Crippen LogP contribution in [0.5, 0.6) is 0 Å². The van der Waals surface area contributed by atoms with Crippen molar-refractivity contribution < 1.29 is 27.9 Å². The number of hydrogen-bond acceptors (Lipinski definition) is 7. The molecular formula is C29H34FN3O5. The average molecular weight is 524 g/mol. The van der Waals surface area contributed by atoms with Crippen molar-refractivity contribution in [2.45, 2.75) is 63.8 Å². The summed E-state index contributed by atoms with van der Waals surface area (Å²) in [5.74, 6) is -0.375. The second-order valence-electron chi connectivity index (χ2n) is 10.3.